The van der Waals surface area contributed by atoms with E-state index in [1.807, 2.05) is 0 Å². The number of aromatic nitrogens is 4. The van der Waals surface area contributed by atoms with E-state index < -0.39 is 0 Å². The number of nitrogens with one attached hydrogen (secondary N) is 1. The van der Waals surface area contributed by atoms with E-state index in [-0.39, 0.29) is 11.1 Å². The molecular weight excluding hydrogens is 254 g/mol. The average Bonchev–Trinajstić information content (AvgIpc) is 2.38. The van der Waals surface area contributed by atoms with Gasteiger partial charge in [0.25, 0.3) is 5.56 Å². The smallest absolute Gasteiger partial charge is 0.300 e. The predicted octanol–water partition coefficient (Wildman–Crippen LogP) is 1.17. The summed E-state index contributed by atoms with van der Waals surface area (Å²) < 4.78 is 1.25. The van der Waals surface area contributed by atoms with Crippen LogP contribution in [0.3, 0.4) is 0 Å². The summed E-state index contributed by atoms with van der Waals surface area (Å²) in [5.41, 5.74) is 3.77. The number of hydrogen-bond donors (Lipinski definition) is 1. The molecule has 0 radical (unpaired) electrons. The maximum absolute atomic E-state index is 12.0. The molecule has 0 bridgehead atoms. The third-order valence-electron chi connectivity index (χ3n) is 2.66. The zero-order valence-electron chi connectivity index (χ0n) is 9.38. The first-order chi connectivity index (χ1) is 8.70. The third kappa shape index (κ3) is 1.50. The van der Waals surface area contributed by atoms with Crippen molar-refractivity contribution >= 4 is 33.5 Å². The Morgan fingerprint density at radius 1 is 1.28 bits per heavy atom. The Labute approximate surface area is 106 Å². The van der Waals surface area contributed by atoms with Crippen LogP contribution < -0.4 is 11.0 Å². The van der Waals surface area contributed by atoms with Crippen molar-refractivity contribution in [3.63, 3.8) is 0 Å². The molecule has 0 aliphatic heterocycles. The normalized spacial score (nSPS) is 11.0. The molecule has 18 heavy (non-hydrogen) atoms. The topological polar surface area (TPSA) is 72.7 Å². The Bertz CT molecular complexity index is 813. The van der Waals surface area contributed by atoms with Crippen LogP contribution in [-0.2, 0) is 0 Å². The highest BCUT2D eigenvalue weighted by Crippen LogP contribution is 2.21. The lowest BCUT2D eigenvalue weighted by molar-refractivity contribution is 0.847. The van der Waals surface area contributed by atoms with Crippen molar-refractivity contribution in [1.29, 1.82) is 0 Å². The van der Waals surface area contributed by atoms with E-state index in [9.17, 15) is 4.79 Å². The molecule has 3 aromatic rings. The van der Waals surface area contributed by atoms with Gasteiger partial charge in [0.2, 0.25) is 0 Å². The molecule has 3 rings (SSSR count). The fourth-order valence-corrected chi connectivity index (χ4v) is 1.95. The van der Waals surface area contributed by atoms with Gasteiger partial charge < -0.3 is 5.43 Å². The predicted molar refractivity (Wildman–Crippen MR) is 69.4 cm³/mol. The van der Waals surface area contributed by atoms with Crippen LogP contribution in [0.2, 0.25) is 5.02 Å². The summed E-state index contributed by atoms with van der Waals surface area (Å²) in [6.45, 7) is 0. The minimum Gasteiger partial charge on any atom is -0.325 e. The molecule has 1 aromatic carbocycles. The van der Waals surface area contributed by atoms with Crippen molar-refractivity contribution in [2.24, 2.45) is 0 Å². The SMILES string of the molecule is CNn1cnc2c(nnc3cc(Cl)ccc32)c1=O. The standard InChI is InChI=1S/C11H8ClN5O/c1-13-17-5-14-9-7-3-2-6(12)4-8(7)15-16-10(9)11(17)18/h2-5,13H,1H3. The minimum atomic E-state index is -0.285. The number of halogens is 1. The number of benzene rings is 1. The fraction of sp³-hybridized carbons (Fsp3) is 0.0909. The molecule has 6 nitrogen and oxygen atoms in total. The van der Waals surface area contributed by atoms with E-state index in [0.29, 0.717) is 16.1 Å². The Balaban J connectivity index is 2.49. The molecule has 0 aliphatic rings. The van der Waals surface area contributed by atoms with E-state index in [4.69, 9.17) is 11.6 Å². The second-order valence-electron chi connectivity index (χ2n) is 3.70. The van der Waals surface area contributed by atoms with E-state index >= 15 is 0 Å². The highest BCUT2D eigenvalue weighted by atomic mass is 35.5. The van der Waals surface area contributed by atoms with Crippen LogP contribution in [0.1, 0.15) is 0 Å². The molecule has 2 aromatic heterocycles. The zero-order chi connectivity index (χ0) is 12.7. The molecule has 0 fully saturated rings. The van der Waals surface area contributed by atoms with Gasteiger partial charge in [-0.2, -0.15) is 0 Å². The van der Waals surface area contributed by atoms with Gasteiger partial charge in [-0.3, -0.25) is 4.79 Å². The monoisotopic (exact) mass is 261 g/mol. The Morgan fingerprint density at radius 2 is 2.11 bits per heavy atom. The molecule has 2 heterocycles. The number of rotatable bonds is 1. The first-order valence-electron chi connectivity index (χ1n) is 5.22. The maximum atomic E-state index is 12.0. The van der Waals surface area contributed by atoms with Crippen LogP contribution in [0.5, 0.6) is 0 Å². The van der Waals surface area contributed by atoms with Crippen LogP contribution >= 0.6 is 11.6 Å². The molecule has 0 aliphatic carbocycles. The lowest BCUT2D eigenvalue weighted by Gasteiger charge is -2.05. The van der Waals surface area contributed by atoms with Gasteiger partial charge in [-0.15, -0.1) is 10.2 Å². The highest BCUT2D eigenvalue weighted by molar-refractivity contribution is 6.31. The molecule has 0 unspecified atom stereocenters. The van der Waals surface area contributed by atoms with Gasteiger partial charge in [-0.1, -0.05) is 11.6 Å². The molecule has 0 atom stereocenters. The maximum Gasteiger partial charge on any atom is 0.300 e. The quantitative estimate of drug-likeness (QED) is 0.666. The van der Waals surface area contributed by atoms with Crippen LogP contribution in [0.15, 0.2) is 29.3 Å². The zero-order valence-corrected chi connectivity index (χ0v) is 10.1. The van der Waals surface area contributed by atoms with E-state index in [0.717, 1.165) is 5.39 Å². The van der Waals surface area contributed by atoms with E-state index in [2.05, 4.69) is 20.6 Å². The summed E-state index contributed by atoms with van der Waals surface area (Å²) in [6, 6.07) is 5.20. The van der Waals surface area contributed by atoms with Gasteiger partial charge in [0, 0.05) is 17.5 Å². The average molecular weight is 262 g/mol. The van der Waals surface area contributed by atoms with Crippen LogP contribution in [0.25, 0.3) is 21.9 Å². The lowest BCUT2D eigenvalue weighted by Crippen LogP contribution is -2.27. The third-order valence-corrected chi connectivity index (χ3v) is 2.90. The largest absolute Gasteiger partial charge is 0.325 e. The van der Waals surface area contributed by atoms with Crippen LogP contribution in [0, 0.1) is 0 Å². The molecule has 1 N–H and O–H groups in total. The summed E-state index contributed by atoms with van der Waals surface area (Å²) in [4.78, 5) is 16.2. The van der Waals surface area contributed by atoms with Crippen molar-refractivity contribution < 1.29 is 0 Å². The second kappa shape index (κ2) is 3.92. The van der Waals surface area contributed by atoms with E-state index in [1.165, 1.54) is 11.0 Å². The van der Waals surface area contributed by atoms with Crippen molar-refractivity contribution in [2.45, 2.75) is 0 Å². The second-order valence-corrected chi connectivity index (χ2v) is 4.14. The fourth-order valence-electron chi connectivity index (χ4n) is 1.78. The van der Waals surface area contributed by atoms with Crippen molar-refractivity contribution in [1.82, 2.24) is 19.9 Å². The number of fused-ring (bicyclic) bond motifs is 3. The highest BCUT2D eigenvalue weighted by Gasteiger charge is 2.09. The minimum absolute atomic E-state index is 0.224. The van der Waals surface area contributed by atoms with Gasteiger partial charge in [-0.25, -0.2) is 9.66 Å². The summed E-state index contributed by atoms with van der Waals surface area (Å²) in [7, 11) is 1.63. The molecule has 0 amide bonds. The van der Waals surface area contributed by atoms with Crippen molar-refractivity contribution in [3.05, 3.63) is 39.9 Å². The molecule has 0 saturated carbocycles. The van der Waals surface area contributed by atoms with Crippen molar-refractivity contribution in [3.8, 4) is 0 Å². The number of nitrogens with zero attached hydrogens (tertiary/aromatic N) is 4. The summed E-state index contributed by atoms with van der Waals surface area (Å²) in [6.07, 6.45) is 1.42. The Hall–Kier alpha value is -2.21. The van der Waals surface area contributed by atoms with Gasteiger partial charge in [0.1, 0.15) is 11.8 Å². The van der Waals surface area contributed by atoms with Crippen LogP contribution in [0.4, 0.5) is 0 Å². The van der Waals surface area contributed by atoms with Crippen molar-refractivity contribution in [2.75, 3.05) is 12.5 Å². The molecular formula is C11H8ClN5O. The molecule has 90 valence electrons. The van der Waals surface area contributed by atoms with Gasteiger partial charge in [0.05, 0.1) is 5.52 Å². The first kappa shape index (κ1) is 10.9. The molecule has 7 heteroatoms. The Morgan fingerprint density at radius 3 is 2.89 bits per heavy atom. The summed E-state index contributed by atoms with van der Waals surface area (Å²) in [5.74, 6) is 0. The lowest BCUT2D eigenvalue weighted by atomic mass is 10.2. The number of hydrogen-bond acceptors (Lipinski definition) is 5. The van der Waals surface area contributed by atoms with Gasteiger partial charge in [0.15, 0.2) is 5.52 Å². The first-order valence-corrected chi connectivity index (χ1v) is 5.59. The summed E-state index contributed by atoms with van der Waals surface area (Å²) >= 11 is 5.88. The van der Waals surface area contributed by atoms with Gasteiger partial charge in [-0.05, 0) is 18.2 Å². The molecule has 0 spiro atoms. The Kier molecular flexibility index (Phi) is 2.38. The van der Waals surface area contributed by atoms with Crippen LogP contribution in [-0.4, -0.2) is 26.9 Å². The molecule has 0 saturated heterocycles. The van der Waals surface area contributed by atoms with Gasteiger partial charge >= 0.3 is 0 Å². The van der Waals surface area contributed by atoms with E-state index in [1.54, 1.807) is 25.2 Å². The summed E-state index contributed by atoms with van der Waals surface area (Å²) in [5, 5.41) is 9.23.